The molecule has 2 spiro atoms. The van der Waals surface area contributed by atoms with Crippen molar-refractivity contribution in [2.45, 2.75) is 87.6 Å². The maximum absolute atomic E-state index is 13.5. The lowest BCUT2D eigenvalue weighted by Crippen LogP contribution is -2.62. The lowest BCUT2D eigenvalue weighted by Gasteiger charge is -2.55. The number of anilines is 1. The highest BCUT2D eigenvalue weighted by molar-refractivity contribution is 7.90. The summed E-state index contributed by atoms with van der Waals surface area (Å²) in [5.41, 5.74) is 2.45. The maximum Gasteiger partial charge on any atom is 0.264 e. The Morgan fingerprint density at radius 1 is 1.04 bits per heavy atom. The van der Waals surface area contributed by atoms with Crippen molar-refractivity contribution in [3.63, 3.8) is 0 Å². The Kier molecular flexibility index (Phi) is 8.85. The number of benzene rings is 2. The first-order valence-corrected chi connectivity index (χ1v) is 19.1. The quantitative estimate of drug-likeness (QED) is 0.395. The number of hydrogen-bond donors (Lipinski definition) is 1. The van der Waals surface area contributed by atoms with E-state index in [1.165, 1.54) is 11.1 Å². The zero-order valence-corrected chi connectivity index (χ0v) is 28.8. The molecular weight excluding hydrogens is 640 g/mol. The van der Waals surface area contributed by atoms with Crippen LogP contribution in [0.5, 0.6) is 5.75 Å². The van der Waals surface area contributed by atoms with Gasteiger partial charge in [-0.15, -0.1) is 0 Å². The van der Waals surface area contributed by atoms with Gasteiger partial charge in [0.25, 0.3) is 5.91 Å². The van der Waals surface area contributed by atoms with Crippen LogP contribution in [0.25, 0.3) is 0 Å². The van der Waals surface area contributed by atoms with Crippen LogP contribution in [0.15, 0.2) is 36.4 Å². The first-order chi connectivity index (χ1) is 22.5. The molecule has 5 aliphatic rings. The van der Waals surface area contributed by atoms with E-state index in [1.54, 1.807) is 25.1 Å². The van der Waals surface area contributed by atoms with Crippen molar-refractivity contribution >= 4 is 39.5 Å². The number of hydrogen-bond acceptors (Lipinski definition) is 8. The SMILES string of the molecule is C[C@@H]1[C@@H](C)CCC[C@@]2(OCCO[C@H]2C=O)[C@@H]2CC[C@H]2CN2C[C@@]3(CCCc4cc(Cl)ccc43)COc3ccc(cc32)C(=O)NS1(=O)=O. The van der Waals surface area contributed by atoms with Crippen molar-refractivity contribution < 1.29 is 32.2 Å². The first kappa shape index (κ1) is 32.9. The van der Waals surface area contributed by atoms with Crippen molar-refractivity contribution in [3.05, 3.63) is 58.1 Å². The molecule has 7 atom stereocenters. The molecule has 9 nitrogen and oxygen atoms in total. The summed E-state index contributed by atoms with van der Waals surface area (Å²) in [6.07, 6.45) is 6.92. The highest BCUT2D eigenvalue weighted by atomic mass is 35.5. The lowest BCUT2D eigenvalue weighted by atomic mass is 9.61. The summed E-state index contributed by atoms with van der Waals surface area (Å²) in [4.78, 5) is 28.4. The largest absolute Gasteiger partial charge is 0.490 e. The fraction of sp³-hybridized carbons (Fsp3) is 0.611. The molecule has 0 unspecified atom stereocenters. The Labute approximate surface area is 282 Å². The third kappa shape index (κ3) is 5.87. The fourth-order valence-electron chi connectivity index (χ4n) is 8.99. The van der Waals surface area contributed by atoms with Crippen LogP contribution in [-0.4, -0.2) is 70.5 Å². The van der Waals surface area contributed by atoms with Crippen molar-refractivity contribution in [1.82, 2.24) is 4.72 Å². The average Bonchev–Trinajstić information content (AvgIpc) is 3.19. The summed E-state index contributed by atoms with van der Waals surface area (Å²) in [5.74, 6) is 0.117. The Hall–Kier alpha value is -2.66. The third-order valence-electron chi connectivity index (χ3n) is 11.9. The monoisotopic (exact) mass is 684 g/mol. The van der Waals surface area contributed by atoms with Crippen molar-refractivity contribution in [2.75, 3.05) is 37.8 Å². The Bertz CT molecular complexity index is 1650. The molecular formula is C36H45ClN2O7S. The predicted molar refractivity (Wildman–Crippen MR) is 180 cm³/mol. The third-order valence-corrected chi connectivity index (χ3v) is 14.1. The summed E-state index contributed by atoms with van der Waals surface area (Å²) < 4.78 is 48.5. The van der Waals surface area contributed by atoms with Gasteiger partial charge in [0.1, 0.15) is 17.5 Å². The zero-order valence-electron chi connectivity index (χ0n) is 27.2. The number of fused-ring (bicyclic) bond motifs is 5. The summed E-state index contributed by atoms with van der Waals surface area (Å²) >= 11 is 6.44. The molecule has 7 rings (SSSR count). The number of nitrogens with one attached hydrogen (secondary N) is 1. The molecule has 2 bridgehead atoms. The minimum atomic E-state index is -3.96. The topological polar surface area (TPSA) is 111 Å². The van der Waals surface area contributed by atoms with Crippen LogP contribution in [0.1, 0.15) is 80.3 Å². The van der Waals surface area contributed by atoms with Gasteiger partial charge >= 0.3 is 0 Å². The minimum absolute atomic E-state index is 0.0925. The maximum atomic E-state index is 13.5. The number of aryl methyl sites for hydroxylation is 1. The molecule has 2 aromatic rings. The number of aldehydes is 1. The second-order valence-corrected chi connectivity index (χ2v) is 17.0. The summed E-state index contributed by atoms with van der Waals surface area (Å²) in [5, 5.41) is -0.0717. The number of halogens is 1. The van der Waals surface area contributed by atoms with Crippen LogP contribution < -0.4 is 14.4 Å². The molecule has 1 saturated heterocycles. The van der Waals surface area contributed by atoms with Gasteiger partial charge in [-0.3, -0.25) is 4.79 Å². The molecule has 2 fully saturated rings. The van der Waals surface area contributed by atoms with Gasteiger partial charge in [0.15, 0.2) is 6.29 Å². The predicted octanol–water partition coefficient (Wildman–Crippen LogP) is 5.46. The van der Waals surface area contributed by atoms with Gasteiger partial charge in [-0.2, -0.15) is 0 Å². The van der Waals surface area contributed by atoms with E-state index in [1.807, 2.05) is 13.0 Å². The van der Waals surface area contributed by atoms with E-state index in [2.05, 4.69) is 21.8 Å². The molecule has 47 heavy (non-hydrogen) atoms. The molecule has 3 heterocycles. The number of amides is 1. The number of nitrogens with zero attached hydrogens (tertiary/aromatic N) is 1. The van der Waals surface area contributed by atoms with Crippen LogP contribution in [-0.2, 0) is 36.1 Å². The summed E-state index contributed by atoms with van der Waals surface area (Å²) in [6.45, 7) is 6.16. The van der Waals surface area contributed by atoms with Crippen LogP contribution in [0.2, 0.25) is 5.02 Å². The molecule has 11 heteroatoms. The van der Waals surface area contributed by atoms with Gasteiger partial charge < -0.3 is 23.9 Å². The summed E-state index contributed by atoms with van der Waals surface area (Å²) in [6, 6.07) is 11.4. The lowest BCUT2D eigenvalue weighted by molar-refractivity contribution is -0.240. The van der Waals surface area contributed by atoms with Gasteiger partial charge in [-0.1, -0.05) is 31.0 Å². The van der Waals surface area contributed by atoms with Crippen LogP contribution in [0.3, 0.4) is 0 Å². The van der Waals surface area contributed by atoms with E-state index in [0.29, 0.717) is 57.9 Å². The van der Waals surface area contributed by atoms with E-state index < -0.39 is 32.9 Å². The first-order valence-electron chi connectivity index (χ1n) is 17.1. The van der Waals surface area contributed by atoms with Crippen LogP contribution in [0.4, 0.5) is 5.69 Å². The number of rotatable bonds is 1. The van der Waals surface area contributed by atoms with Crippen LogP contribution in [0, 0.1) is 17.8 Å². The van der Waals surface area contributed by atoms with E-state index in [9.17, 15) is 18.0 Å². The van der Waals surface area contributed by atoms with E-state index >= 15 is 0 Å². The molecule has 0 radical (unpaired) electrons. The second kappa shape index (κ2) is 12.7. The van der Waals surface area contributed by atoms with Gasteiger partial charge in [0, 0.05) is 29.1 Å². The van der Waals surface area contributed by atoms with E-state index in [0.717, 1.165) is 49.1 Å². The van der Waals surface area contributed by atoms with Crippen molar-refractivity contribution in [2.24, 2.45) is 17.8 Å². The normalized spacial score (nSPS) is 35.4. The van der Waals surface area contributed by atoms with Gasteiger partial charge in [0.2, 0.25) is 10.0 Å². The van der Waals surface area contributed by atoms with Gasteiger partial charge in [-0.25, -0.2) is 13.1 Å². The fourth-order valence-corrected chi connectivity index (χ4v) is 10.5. The molecule has 1 amide bonds. The molecule has 254 valence electrons. The number of sulfonamides is 1. The van der Waals surface area contributed by atoms with E-state index in [4.69, 9.17) is 25.8 Å². The van der Waals surface area contributed by atoms with Gasteiger partial charge in [0.05, 0.1) is 30.8 Å². The van der Waals surface area contributed by atoms with Crippen molar-refractivity contribution in [1.29, 1.82) is 0 Å². The molecule has 3 aliphatic heterocycles. The van der Waals surface area contributed by atoms with Crippen molar-refractivity contribution in [3.8, 4) is 5.75 Å². The van der Waals surface area contributed by atoms with Gasteiger partial charge in [-0.05, 0) is 111 Å². The Morgan fingerprint density at radius 2 is 1.89 bits per heavy atom. The second-order valence-electron chi connectivity index (χ2n) is 14.5. The standard InChI is InChI=1S/C36H45ClN2O7S/c1-23-5-3-14-36(33(20-40)44-15-16-46-36)30-10-7-27(30)19-39-21-35(13-4-6-25-17-28(37)9-11-29(25)35)22-45-32-12-8-26(18-31(32)39)34(41)38-47(42,43)24(23)2/h8-9,11-12,17-18,20,23-24,27,30,33H,3-7,10,13-16,19,21-22H2,1-2H3,(H,38,41)/t23-,24+,27-,30+,33-,35-,36+/m0/s1. The van der Waals surface area contributed by atoms with E-state index in [-0.39, 0.29) is 28.7 Å². The van der Waals surface area contributed by atoms with Crippen LogP contribution >= 0.6 is 11.6 Å². The number of carbonyl (C=O) groups is 2. The Morgan fingerprint density at radius 3 is 2.68 bits per heavy atom. The smallest absolute Gasteiger partial charge is 0.264 e. The molecule has 1 saturated carbocycles. The number of carbonyl (C=O) groups excluding carboxylic acids is 2. The highest BCUT2D eigenvalue weighted by Gasteiger charge is 2.55. The zero-order chi connectivity index (χ0) is 33.0. The molecule has 2 aliphatic carbocycles. The Balaban J connectivity index is 1.33. The molecule has 2 aromatic carbocycles. The average molecular weight is 685 g/mol. The summed E-state index contributed by atoms with van der Waals surface area (Å²) in [7, 11) is -3.96. The molecule has 0 aromatic heterocycles. The highest BCUT2D eigenvalue weighted by Crippen LogP contribution is 2.51. The molecule has 1 N–H and O–H groups in total. The number of ether oxygens (including phenoxy) is 3. The minimum Gasteiger partial charge on any atom is -0.490 e.